The van der Waals surface area contributed by atoms with Crippen molar-refractivity contribution in [3.05, 3.63) is 83.9 Å². The Kier molecular flexibility index (Phi) is 7.59. The van der Waals surface area contributed by atoms with Gasteiger partial charge in [-0.15, -0.1) is 3.89 Å². The van der Waals surface area contributed by atoms with Crippen LogP contribution < -0.4 is 26.4 Å². The summed E-state index contributed by atoms with van der Waals surface area (Å²) in [6.45, 7) is 3.74. The molecular formula is C27H29FN6O4S. The van der Waals surface area contributed by atoms with Gasteiger partial charge in [0.15, 0.2) is 0 Å². The fraction of sp³-hybridized carbons (Fsp3) is 0.222. The third-order valence-electron chi connectivity index (χ3n) is 6.24. The molecule has 0 saturated carbocycles. The summed E-state index contributed by atoms with van der Waals surface area (Å²) < 4.78 is 40.8. The van der Waals surface area contributed by atoms with E-state index in [4.69, 9.17) is 16.2 Å². The van der Waals surface area contributed by atoms with E-state index < -0.39 is 26.7 Å². The minimum absolute atomic E-state index is 0.110. The van der Waals surface area contributed by atoms with Crippen molar-refractivity contribution in [3.63, 3.8) is 0 Å². The normalized spacial score (nSPS) is 15.6. The van der Waals surface area contributed by atoms with E-state index in [9.17, 15) is 17.1 Å². The Labute approximate surface area is 226 Å². The molecular weight excluding hydrogens is 523 g/mol. The van der Waals surface area contributed by atoms with Gasteiger partial charge in [0.05, 0.1) is 17.9 Å². The van der Waals surface area contributed by atoms with Crippen LogP contribution in [0.3, 0.4) is 0 Å². The zero-order valence-corrected chi connectivity index (χ0v) is 22.4. The number of hydrogen-bond donors (Lipinski definition) is 3. The second-order valence-electron chi connectivity index (χ2n) is 9.42. The highest BCUT2D eigenvalue weighted by atomic mass is 32.3. The van der Waals surface area contributed by atoms with Crippen LogP contribution in [0.4, 0.5) is 15.3 Å². The van der Waals surface area contributed by atoms with E-state index in [1.165, 1.54) is 12.1 Å². The molecule has 1 amide bonds. The lowest BCUT2D eigenvalue weighted by Crippen LogP contribution is -2.54. The number of anilines is 2. The number of benzene rings is 3. The highest BCUT2D eigenvalue weighted by Gasteiger charge is 2.33. The molecule has 3 aromatic rings. The summed E-state index contributed by atoms with van der Waals surface area (Å²) in [5, 5.41) is 2.80. The SMILES string of the molecule is COc1cccc([C@H](Cc2ccc(N3C(N)=NC(N)=NC3(C)C)cc2)C(=O)Nc2ccc(S(=O)(=O)F)cc2)c1. The third-order valence-corrected chi connectivity index (χ3v) is 7.08. The largest absolute Gasteiger partial charge is 0.497 e. The van der Waals surface area contributed by atoms with Crippen LogP contribution in [-0.4, -0.2) is 39.0 Å². The van der Waals surface area contributed by atoms with Crippen molar-refractivity contribution in [1.29, 1.82) is 0 Å². The Bertz CT molecular complexity index is 1540. The number of methoxy groups -OCH3 is 1. The molecule has 1 aliphatic rings. The molecule has 0 bridgehead atoms. The van der Waals surface area contributed by atoms with Crippen LogP contribution in [0.25, 0.3) is 0 Å². The van der Waals surface area contributed by atoms with Gasteiger partial charge in [-0.3, -0.25) is 9.69 Å². The zero-order chi connectivity index (χ0) is 28.4. The molecule has 12 heteroatoms. The van der Waals surface area contributed by atoms with E-state index >= 15 is 0 Å². The Morgan fingerprint density at radius 3 is 2.33 bits per heavy atom. The molecule has 1 atom stereocenters. The van der Waals surface area contributed by atoms with Crippen molar-refractivity contribution in [2.75, 3.05) is 17.3 Å². The highest BCUT2D eigenvalue weighted by Crippen LogP contribution is 2.30. The minimum Gasteiger partial charge on any atom is -0.497 e. The van der Waals surface area contributed by atoms with E-state index in [-0.39, 0.29) is 17.8 Å². The van der Waals surface area contributed by atoms with Crippen molar-refractivity contribution < 1.29 is 21.8 Å². The highest BCUT2D eigenvalue weighted by molar-refractivity contribution is 7.86. The van der Waals surface area contributed by atoms with Crippen molar-refractivity contribution in [2.24, 2.45) is 21.5 Å². The molecule has 0 aromatic heterocycles. The average Bonchev–Trinajstić information content (AvgIpc) is 2.86. The number of carbonyl (C=O) groups excluding carboxylic acids is 1. The van der Waals surface area contributed by atoms with Gasteiger partial charge in [-0.2, -0.15) is 13.4 Å². The predicted molar refractivity (Wildman–Crippen MR) is 149 cm³/mol. The van der Waals surface area contributed by atoms with Gasteiger partial charge < -0.3 is 21.5 Å². The van der Waals surface area contributed by atoms with Gasteiger partial charge in [-0.1, -0.05) is 24.3 Å². The van der Waals surface area contributed by atoms with Crippen LogP contribution >= 0.6 is 0 Å². The first-order chi connectivity index (χ1) is 18.4. The van der Waals surface area contributed by atoms with Crippen LogP contribution in [-0.2, 0) is 21.4 Å². The fourth-order valence-electron chi connectivity index (χ4n) is 4.42. The molecule has 10 nitrogen and oxygen atoms in total. The van der Waals surface area contributed by atoms with Gasteiger partial charge in [0, 0.05) is 11.4 Å². The predicted octanol–water partition coefficient (Wildman–Crippen LogP) is 3.50. The quantitative estimate of drug-likeness (QED) is 0.362. The van der Waals surface area contributed by atoms with Crippen LogP contribution in [0, 0.1) is 0 Å². The molecule has 0 fully saturated rings. The topological polar surface area (TPSA) is 152 Å². The van der Waals surface area contributed by atoms with Gasteiger partial charge in [0.2, 0.25) is 17.8 Å². The van der Waals surface area contributed by atoms with Gasteiger partial charge in [-0.25, -0.2) is 4.99 Å². The van der Waals surface area contributed by atoms with E-state index in [1.807, 2.05) is 44.2 Å². The van der Waals surface area contributed by atoms with Gasteiger partial charge in [-0.05, 0) is 79.9 Å². The number of ether oxygens (including phenoxy) is 1. The van der Waals surface area contributed by atoms with E-state index in [0.717, 1.165) is 28.9 Å². The van der Waals surface area contributed by atoms with E-state index in [2.05, 4.69) is 15.3 Å². The molecule has 0 radical (unpaired) electrons. The maximum absolute atomic E-state index is 13.5. The maximum Gasteiger partial charge on any atom is 0.332 e. The molecule has 1 aliphatic heterocycles. The Balaban J connectivity index is 1.60. The summed E-state index contributed by atoms with van der Waals surface area (Å²) in [5.74, 6) is -0.0291. The monoisotopic (exact) mass is 552 g/mol. The number of amides is 1. The lowest BCUT2D eigenvalue weighted by atomic mass is 9.90. The first kappa shape index (κ1) is 27.6. The molecule has 1 heterocycles. The number of aliphatic imine (C=N–C) groups is 2. The number of nitrogens with zero attached hydrogens (tertiary/aromatic N) is 3. The lowest BCUT2D eigenvalue weighted by molar-refractivity contribution is -0.117. The number of guanidine groups is 2. The Hall–Kier alpha value is -4.45. The molecule has 204 valence electrons. The van der Waals surface area contributed by atoms with E-state index in [1.54, 1.807) is 30.2 Å². The number of carbonyl (C=O) groups is 1. The van der Waals surface area contributed by atoms with Gasteiger partial charge >= 0.3 is 10.2 Å². The Morgan fingerprint density at radius 2 is 1.74 bits per heavy atom. The van der Waals surface area contributed by atoms with Crippen LogP contribution in [0.15, 0.2) is 87.7 Å². The van der Waals surface area contributed by atoms with Crippen molar-refractivity contribution in [2.45, 2.75) is 36.7 Å². The second-order valence-corrected chi connectivity index (χ2v) is 10.8. The molecule has 39 heavy (non-hydrogen) atoms. The number of hydrogen-bond acceptors (Lipinski definition) is 9. The molecule has 0 spiro atoms. The third kappa shape index (κ3) is 6.34. The number of rotatable bonds is 8. The van der Waals surface area contributed by atoms with Crippen LogP contribution in [0.5, 0.6) is 5.75 Å². The van der Waals surface area contributed by atoms with Crippen molar-refractivity contribution in [3.8, 4) is 5.75 Å². The standard InChI is InChI=1S/C27H29FN6O4S/c1-27(2)33-25(29)32-26(30)34(27)20-11-7-17(8-12-20)15-23(18-5-4-6-21(16-18)38-3)24(35)31-19-9-13-22(14-10-19)39(28,36)37/h4-14,16,23H,15H2,1-3H3,(H,31,35)(H4,29,30,32,33)/t23-/m0/s1. The average molecular weight is 553 g/mol. The maximum atomic E-state index is 13.5. The second kappa shape index (κ2) is 10.7. The molecule has 0 saturated heterocycles. The molecule has 3 aromatic carbocycles. The van der Waals surface area contributed by atoms with Crippen LogP contribution in [0.2, 0.25) is 0 Å². The minimum atomic E-state index is -4.84. The van der Waals surface area contributed by atoms with Gasteiger partial charge in [0.1, 0.15) is 11.4 Å². The summed E-state index contributed by atoms with van der Waals surface area (Å²) in [6, 6.07) is 19.6. The van der Waals surface area contributed by atoms with Crippen molar-refractivity contribution in [1.82, 2.24) is 0 Å². The van der Waals surface area contributed by atoms with Crippen LogP contribution in [0.1, 0.15) is 30.9 Å². The molecule has 5 N–H and O–H groups in total. The van der Waals surface area contributed by atoms with Crippen molar-refractivity contribution >= 4 is 39.4 Å². The summed E-state index contributed by atoms with van der Waals surface area (Å²) in [7, 11) is -3.30. The fourth-order valence-corrected chi connectivity index (χ4v) is 4.88. The van der Waals surface area contributed by atoms with E-state index in [0.29, 0.717) is 17.9 Å². The number of nitrogens with one attached hydrogen (secondary N) is 1. The Morgan fingerprint density at radius 1 is 1.08 bits per heavy atom. The lowest BCUT2D eigenvalue weighted by Gasteiger charge is -2.38. The molecule has 0 unspecified atom stereocenters. The first-order valence-electron chi connectivity index (χ1n) is 12.0. The summed E-state index contributed by atoms with van der Waals surface area (Å²) >= 11 is 0. The number of halogens is 1. The summed E-state index contributed by atoms with van der Waals surface area (Å²) in [4.78, 5) is 23.2. The summed E-state index contributed by atoms with van der Waals surface area (Å²) in [5.41, 5.74) is 13.9. The number of nitrogens with two attached hydrogens (primary N) is 2. The molecule has 4 rings (SSSR count). The smallest absolute Gasteiger partial charge is 0.332 e. The zero-order valence-electron chi connectivity index (χ0n) is 21.6. The first-order valence-corrected chi connectivity index (χ1v) is 13.3. The molecule has 0 aliphatic carbocycles. The van der Waals surface area contributed by atoms with Gasteiger partial charge in [0.25, 0.3) is 0 Å². The summed E-state index contributed by atoms with van der Waals surface area (Å²) in [6.07, 6.45) is 0.342.